The molecule has 0 aliphatic carbocycles. The summed E-state index contributed by atoms with van der Waals surface area (Å²) in [6, 6.07) is -1.71. The lowest BCUT2D eigenvalue weighted by molar-refractivity contribution is -0.169. The van der Waals surface area contributed by atoms with E-state index in [0.717, 1.165) is 12.8 Å². The van der Waals surface area contributed by atoms with E-state index in [1.165, 1.54) is 0 Å². The number of thioether (sulfide) groups is 1. The second kappa shape index (κ2) is 13.0. The van der Waals surface area contributed by atoms with Gasteiger partial charge in [-0.25, -0.2) is 0 Å². The number of carbonyl (C=O) groups excluding carboxylic acids is 2. The zero-order valence-corrected chi connectivity index (χ0v) is 25.5. The fraction of sp³-hybridized carbons (Fsp3) is 0.926. The molecule has 234 valence electrons. The Morgan fingerprint density at radius 1 is 1.07 bits per heavy atom. The predicted octanol–water partition coefficient (Wildman–Crippen LogP) is 1.81. The number of nitrogens with zero attached hydrogens (tertiary/aromatic N) is 1. The van der Waals surface area contributed by atoms with Crippen molar-refractivity contribution in [1.82, 2.24) is 31.5 Å². The fourth-order valence-electron chi connectivity index (χ4n) is 7.64. The van der Waals surface area contributed by atoms with Gasteiger partial charge in [-0.3, -0.25) is 20.2 Å². The van der Waals surface area contributed by atoms with Crippen LogP contribution in [0.1, 0.15) is 46.0 Å². The number of halogens is 4. The molecule has 9 nitrogen and oxygen atoms in total. The first-order chi connectivity index (χ1) is 19.5. The van der Waals surface area contributed by atoms with Crippen molar-refractivity contribution in [2.24, 2.45) is 23.7 Å². The number of carbonyl (C=O) groups is 2. The van der Waals surface area contributed by atoms with Crippen LogP contribution in [0.5, 0.6) is 0 Å². The number of ether oxygens (including phenoxy) is 1. The SMILES string of the molecule is CCC1NC(C(F)(F)F)CCC1C(=O)N1CC2NC(NC(=O)C3CNC(C)CC3C3CC(Cl)NCC3OC)SC2C1. The maximum absolute atomic E-state index is 13.6. The molecule has 0 aromatic carbocycles. The van der Waals surface area contributed by atoms with Crippen molar-refractivity contribution in [3.8, 4) is 0 Å². The van der Waals surface area contributed by atoms with Gasteiger partial charge in [0.25, 0.3) is 0 Å². The molecular weight excluding hydrogens is 581 g/mol. The smallest absolute Gasteiger partial charge is 0.380 e. The summed E-state index contributed by atoms with van der Waals surface area (Å²) in [6.45, 7) is 6.24. The maximum atomic E-state index is 13.6. The Labute approximate surface area is 249 Å². The highest BCUT2D eigenvalue weighted by Crippen LogP contribution is 2.39. The molecule has 0 radical (unpaired) electrons. The normalized spacial score (nSPS) is 43.5. The third-order valence-corrected chi connectivity index (χ3v) is 11.5. The molecular formula is C27H44ClF3N6O3S. The molecule has 5 aliphatic heterocycles. The van der Waals surface area contributed by atoms with Crippen LogP contribution < -0.4 is 26.6 Å². The minimum atomic E-state index is -4.30. The summed E-state index contributed by atoms with van der Waals surface area (Å²) in [5.41, 5.74) is -0.394. The van der Waals surface area contributed by atoms with E-state index in [9.17, 15) is 22.8 Å². The monoisotopic (exact) mass is 624 g/mol. The van der Waals surface area contributed by atoms with Gasteiger partial charge in [0.2, 0.25) is 11.8 Å². The van der Waals surface area contributed by atoms with Gasteiger partial charge in [-0.1, -0.05) is 6.92 Å². The number of likely N-dealkylation sites (tertiary alicyclic amines) is 1. The molecule has 0 aromatic heterocycles. The molecule has 2 amide bonds. The molecule has 5 N–H and O–H groups in total. The highest BCUT2D eigenvalue weighted by atomic mass is 35.5. The van der Waals surface area contributed by atoms with Crippen molar-refractivity contribution in [2.75, 3.05) is 33.3 Å². The average molecular weight is 625 g/mol. The average Bonchev–Trinajstić information content (AvgIpc) is 3.50. The Hall–Kier alpha value is -0.830. The third kappa shape index (κ3) is 6.96. The van der Waals surface area contributed by atoms with E-state index in [2.05, 4.69) is 33.5 Å². The first kappa shape index (κ1) is 31.6. The van der Waals surface area contributed by atoms with Crippen LogP contribution in [0.3, 0.4) is 0 Å². The minimum Gasteiger partial charge on any atom is -0.380 e. The summed E-state index contributed by atoms with van der Waals surface area (Å²) < 4.78 is 45.5. The molecule has 12 unspecified atom stereocenters. The molecule has 12 atom stereocenters. The zero-order valence-electron chi connectivity index (χ0n) is 23.9. The Bertz CT molecular complexity index is 938. The lowest BCUT2D eigenvalue weighted by Gasteiger charge is -2.45. The number of hydrogen-bond donors (Lipinski definition) is 5. The number of amides is 2. The van der Waals surface area contributed by atoms with E-state index in [-0.39, 0.29) is 70.8 Å². The molecule has 14 heteroatoms. The predicted molar refractivity (Wildman–Crippen MR) is 152 cm³/mol. The Balaban J connectivity index is 1.15. The number of rotatable bonds is 6. The van der Waals surface area contributed by atoms with Gasteiger partial charge in [-0.05, 0) is 50.9 Å². The van der Waals surface area contributed by atoms with Crippen molar-refractivity contribution in [3.63, 3.8) is 0 Å². The van der Waals surface area contributed by atoms with Gasteiger partial charge in [0, 0.05) is 56.7 Å². The van der Waals surface area contributed by atoms with Crippen molar-refractivity contribution >= 4 is 35.2 Å². The molecule has 5 rings (SSSR count). The largest absolute Gasteiger partial charge is 0.403 e. The van der Waals surface area contributed by atoms with Gasteiger partial charge >= 0.3 is 6.18 Å². The Morgan fingerprint density at radius 3 is 2.54 bits per heavy atom. The second-order valence-electron chi connectivity index (χ2n) is 12.4. The summed E-state index contributed by atoms with van der Waals surface area (Å²) in [6.07, 6.45) is -2.06. The van der Waals surface area contributed by atoms with E-state index >= 15 is 0 Å². The van der Waals surface area contributed by atoms with Crippen LogP contribution in [-0.4, -0.2) is 103 Å². The molecule has 5 aliphatic rings. The van der Waals surface area contributed by atoms with Gasteiger partial charge < -0.3 is 25.6 Å². The van der Waals surface area contributed by atoms with Crippen LogP contribution in [-0.2, 0) is 14.3 Å². The van der Waals surface area contributed by atoms with Gasteiger partial charge in [0.05, 0.1) is 23.4 Å². The minimum absolute atomic E-state index is 0.00322. The summed E-state index contributed by atoms with van der Waals surface area (Å²) in [5.74, 6) is -0.396. The van der Waals surface area contributed by atoms with E-state index in [4.69, 9.17) is 16.3 Å². The summed E-state index contributed by atoms with van der Waals surface area (Å²) in [7, 11) is 1.71. The molecule has 0 bridgehead atoms. The number of alkyl halides is 4. The van der Waals surface area contributed by atoms with Crippen molar-refractivity contribution in [3.05, 3.63) is 0 Å². The van der Waals surface area contributed by atoms with Gasteiger partial charge in [-0.2, -0.15) is 13.2 Å². The Morgan fingerprint density at radius 2 is 1.85 bits per heavy atom. The van der Waals surface area contributed by atoms with Crippen molar-refractivity contribution in [1.29, 1.82) is 0 Å². The Kier molecular flexibility index (Phi) is 10.0. The molecule has 0 saturated carbocycles. The first-order valence-electron chi connectivity index (χ1n) is 15.0. The molecule has 0 spiro atoms. The summed E-state index contributed by atoms with van der Waals surface area (Å²) >= 11 is 8.08. The molecule has 5 saturated heterocycles. The van der Waals surface area contributed by atoms with Crippen LogP contribution in [0.4, 0.5) is 13.2 Å². The number of fused-ring (bicyclic) bond motifs is 1. The van der Waals surface area contributed by atoms with Crippen LogP contribution >= 0.6 is 23.4 Å². The van der Waals surface area contributed by atoms with Crippen LogP contribution in [0.2, 0.25) is 0 Å². The molecule has 0 aromatic rings. The second-order valence-corrected chi connectivity index (χ2v) is 14.3. The zero-order chi connectivity index (χ0) is 29.5. The number of piperidine rings is 3. The van der Waals surface area contributed by atoms with E-state index in [1.807, 2.05) is 6.92 Å². The third-order valence-electron chi connectivity index (χ3n) is 9.86. The van der Waals surface area contributed by atoms with Gasteiger partial charge in [-0.15, -0.1) is 23.4 Å². The maximum Gasteiger partial charge on any atom is 0.403 e. The van der Waals surface area contributed by atoms with Crippen LogP contribution in [0.25, 0.3) is 0 Å². The fourth-order valence-corrected chi connectivity index (χ4v) is 9.34. The molecule has 5 heterocycles. The highest BCUT2D eigenvalue weighted by Gasteiger charge is 2.50. The van der Waals surface area contributed by atoms with Gasteiger partial charge in [0.15, 0.2) is 0 Å². The van der Waals surface area contributed by atoms with Crippen molar-refractivity contribution in [2.45, 2.75) is 98.6 Å². The topological polar surface area (TPSA) is 107 Å². The quantitative estimate of drug-likeness (QED) is 0.225. The van der Waals surface area contributed by atoms with Crippen LogP contribution in [0.15, 0.2) is 0 Å². The van der Waals surface area contributed by atoms with Crippen molar-refractivity contribution < 1.29 is 27.5 Å². The first-order valence-corrected chi connectivity index (χ1v) is 16.3. The van der Waals surface area contributed by atoms with E-state index in [1.54, 1.807) is 23.8 Å². The molecule has 5 fully saturated rings. The highest BCUT2D eigenvalue weighted by molar-refractivity contribution is 8.00. The summed E-state index contributed by atoms with van der Waals surface area (Å²) in [5, 5.41) is 16.2. The van der Waals surface area contributed by atoms with Gasteiger partial charge in [0.1, 0.15) is 11.5 Å². The molecule has 41 heavy (non-hydrogen) atoms. The van der Waals surface area contributed by atoms with Crippen LogP contribution in [0, 0.1) is 23.7 Å². The summed E-state index contributed by atoms with van der Waals surface area (Å²) in [4.78, 5) is 28.8. The number of hydrogen-bond acceptors (Lipinski definition) is 8. The lowest BCUT2D eigenvalue weighted by atomic mass is 9.70. The standard InChI is InChI=1S/C27H44ClF3N6O3S/c1-4-18-14(5-6-22(34-18)27(29,30)31)25(39)37-11-19-21(12-37)41-26(35-19)36-24(38)17-9-32-13(2)7-15(17)16-8-23(28)33-10-20(16)40-3/h13-23,26,32-35H,4-12H2,1-3H3,(H,36,38). The van der Waals surface area contributed by atoms with E-state index < -0.39 is 24.2 Å². The lowest BCUT2D eigenvalue weighted by Crippen LogP contribution is -2.58. The number of nitrogens with one attached hydrogen (secondary N) is 5. The number of methoxy groups -OCH3 is 1. The van der Waals surface area contributed by atoms with E-state index in [0.29, 0.717) is 38.6 Å².